The molecule has 2 rings (SSSR count). The number of hydrogen-bond acceptors (Lipinski definition) is 2. The highest BCUT2D eigenvalue weighted by Crippen LogP contribution is 2.46. The molecule has 0 saturated carbocycles. The first kappa shape index (κ1) is 19.5. The lowest BCUT2D eigenvalue weighted by atomic mass is 9.94. The van der Waals surface area contributed by atoms with Crippen LogP contribution in [0, 0.1) is 0 Å². The first-order valence-corrected chi connectivity index (χ1v) is 11.5. The number of amides is 1. The molecule has 1 aromatic rings. The van der Waals surface area contributed by atoms with Gasteiger partial charge in [-0.15, -0.1) is 11.6 Å². The van der Waals surface area contributed by atoms with Crippen LogP contribution in [0.2, 0.25) is 16.6 Å². The highest BCUT2D eigenvalue weighted by Gasteiger charge is 2.51. The quantitative estimate of drug-likeness (QED) is 0.417. The molecule has 1 aliphatic rings. The van der Waals surface area contributed by atoms with Crippen LogP contribution in [-0.4, -0.2) is 25.6 Å². The number of benzene rings is 1. The number of carbonyl (C=O) groups is 1. The Kier molecular flexibility index (Phi) is 6.16. The fourth-order valence-corrected chi connectivity index (χ4v) is 10.0. The van der Waals surface area contributed by atoms with Gasteiger partial charge >= 0.3 is 0 Å². The van der Waals surface area contributed by atoms with Crippen molar-refractivity contribution >= 4 is 25.8 Å². The third kappa shape index (κ3) is 3.42. The Morgan fingerprint density at radius 3 is 1.88 bits per heavy atom. The van der Waals surface area contributed by atoms with E-state index in [1.165, 1.54) is 0 Å². The Morgan fingerprint density at radius 1 is 1.00 bits per heavy atom. The van der Waals surface area contributed by atoms with Crippen molar-refractivity contribution < 1.29 is 9.22 Å². The van der Waals surface area contributed by atoms with Crippen LogP contribution >= 0.6 is 11.6 Å². The number of carbonyl (C=O) groups excluding carboxylic acids is 1. The maximum absolute atomic E-state index is 11.7. The smallest absolute Gasteiger partial charge is 0.240 e. The standard InChI is InChI=1S/C19H30ClNO2Si/c1-12(2)24(13(3)4,14(5)6)23-18(15-10-8-7-9-11-15)17-16(20)19(22)21-17/h7-14,16-18H,1-6H3,(H,21,22)/t16-,17+,18-/m0/s1. The number of hydrogen-bond donors (Lipinski definition) is 1. The molecule has 24 heavy (non-hydrogen) atoms. The maximum atomic E-state index is 11.7. The molecule has 1 aliphatic heterocycles. The van der Waals surface area contributed by atoms with Gasteiger partial charge in [0.1, 0.15) is 5.38 Å². The summed E-state index contributed by atoms with van der Waals surface area (Å²) in [5, 5.41) is 2.44. The molecule has 3 atom stereocenters. The highest BCUT2D eigenvalue weighted by molar-refractivity contribution is 6.77. The summed E-state index contributed by atoms with van der Waals surface area (Å²) in [5.74, 6) is -0.0999. The molecule has 1 N–H and O–H groups in total. The molecule has 3 nitrogen and oxygen atoms in total. The molecule has 1 amide bonds. The minimum atomic E-state index is -2.08. The Morgan fingerprint density at radius 2 is 1.50 bits per heavy atom. The number of alkyl halides is 1. The normalized spacial score (nSPS) is 22.7. The minimum absolute atomic E-state index is 0.0999. The Labute approximate surface area is 152 Å². The van der Waals surface area contributed by atoms with Crippen molar-refractivity contribution in [1.82, 2.24) is 5.32 Å². The Balaban J connectivity index is 2.41. The molecule has 1 fully saturated rings. The van der Waals surface area contributed by atoms with Crippen LogP contribution in [0.25, 0.3) is 0 Å². The van der Waals surface area contributed by atoms with Crippen molar-refractivity contribution in [2.75, 3.05) is 0 Å². The van der Waals surface area contributed by atoms with Gasteiger partial charge in [0.15, 0.2) is 0 Å². The van der Waals surface area contributed by atoms with Gasteiger partial charge in [-0.25, -0.2) is 0 Å². The van der Waals surface area contributed by atoms with Gasteiger partial charge in [-0.05, 0) is 22.2 Å². The van der Waals surface area contributed by atoms with Gasteiger partial charge < -0.3 is 9.74 Å². The largest absolute Gasteiger partial charge is 0.407 e. The molecule has 0 radical (unpaired) electrons. The van der Waals surface area contributed by atoms with Gasteiger partial charge in [-0.1, -0.05) is 71.9 Å². The lowest BCUT2D eigenvalue weighted by molar-refractivity contribution is -0.130. The van der Waals surface area contributed by atoms with E-state index in [-0.39, 0.29) is 18.1 Å². The molecule has 1 aromatic carbocycles. The number of nitrogens with one attached hydrogen (secondary N) is 1. The summed E-state index contributed by atoms with van der Waals surface area (Å²) >= 11 is 6.30. The van der Waals surface area contributed by atoms with Crippen molar-refractivity contribution in [1.29, 1.82) is 0 Å². The van der Waals surface area contributed by atoms with Crippen molar-refractivity contribution in [3.05, 3.63) is 35.9 Å². The van der Waals surface area contributed by atoms with E-state index < -0.39 is 13.7 Å². The summed E-state index contributed by atoms with van der Waals surface area (Å²) in [6, 6.07) is 10.00. The van der Waals surface area contributed by atoms with Gasteiger partial charge in [0.05, 0.1) is 12.1 Å². The molecule has 0 bridgehead atoms. The third-order valence-electron chi connectivity index (χ3n) is 5.37. The van der Waals surface area contributed by atoms with Crippen LogP contribution in [0.4, 0.5) is 0 Å². The van der Waals surface area contributed by atoms with Crippen LogP contribution in [0.15, 0.2) is 30.3 Å². The van der Waals surface area contributed by atoms with Crippen molar-refractivity contribution in [3.8, 4) is 0 Å². The zero-order valence-electron chi connectivity index (χ0n) is 15.5. The van der Waals surface area contributed by atoms with Crippen molar-refractivity contribution in [3.63, 3.8) is 0 Å². The van der Waals surface area contributed by atoms with Crippen molar-refractivity contribution in [2.24, 2.45) is 0 Å². The molecule has 0 aromatic heterocycles. The van der Waals surface area contributed by atoms with Gasteiger partial charge in [0.25, 0.3) is 0 Å². The van der Waals surface area contributed by atoms with Crippen LogP contribution < -0.4 is 5.32 Å². The summed E-state index contributed by atoms with van der Waals surface area (Å²) in [5.41, 5.74) is 2.53. The average Bonchev–Trinajstić information content (AvgIpc) is 2.54. The van der Waals surface area contributed by atoms with Gasteiger partial charge in [-0.2, -0.15) is 0 Å². The second-order valence-electron chi connectivity index (χ2n) is 7.70. The first-order chi connectivity index (χ1) is 11.2. The number of halogens is 1. The van der Waals surface area contributed by atoms with E-state index in [1.807, 2.05) is 18.2 Å². The Hall–Kier alpha value is -0.843. The molecule has 0 spiro atoms. The average molecular weight is 368 g/mol. The molecular formula is C19H30ClNO2Si. The molecule has 1 saturated heterocycles. The third-order valence-corrected chi connectivity index (χ3v) is 11.9. The van der Waals surface area contributed by atoms with Crippen LogP contribution in [0.1, 0.15) is 53.2 Å². The lowest BCUT2D eigenvalue weighted by Crippen LogP contribution is -2.64. The van der Waals surface area contributed by atoms with E-state index in [1.54, 1.807) is 0 Å². The first-order valence-electron chi connectivity index (χ1n) is 8.89. The van der Waals surface area contributed by atoms with E-state index in [4.69, 9.17) is 16.0 Å². The summed E-state index contributed by atoms with van der Waals surface area (Å²) < 4.78 is 6.97. The SMILES string of the molecule is CC(C)[Si](O[C@@H](c1ccccc1)[C@@H]1NC(=O)[C@H]1Cl)(C(C)C)C(C)C. The highest BCUT2D eigenvalue weighted by atomic mass is 35.5. The van der Waals surface area contributed by atoms with Gasteiger partial charge in [0, 0.05) is 0 Å². The monoisotopic (exact) mass is 367 g/mol. The number of rotatable bonds is 7. The minimum Gasteiger partial charge on any atom is -0.407 e. The molecule has 0 aliphatic carbocycles. The van der Waals surface area contributed by atoms with Crippen LogP contribution in [0.3, 0.4) is 0 Å². The molecular weight excluding hydrogens is 338 g/mol. The second-order valence-corrected chi connectivity index (χ2v) is 13.6. The Bertz CT molecular complexity index is 540. The predicted molar refractivity (Wildman–Crippen MR) is 103 cm³/mol. The molecule has 0 unspecified atom stereocenters. The van der Waals surface area contributed by atoms with E-state index in [0.717, 1.165) is 5.56 Å². The fraction of sp³-hybridized carbons (Fsp3) is 0.632. The molecule has 1 heterocycles. The lowest BCUT2D eigenvalue weighted by Gasteiger charge is -2.48. The van der Waals surface area contributed by atoms with Gasteiger partial charge in [-0.3, -0.25) is 4.79 Å². The topological polar surface area (TPSA) is 38.3 Å². The van der Waals surface area contributed by atoms with E-state index in [2.05, 4.69) is 59.0 Å². The van der Waals surface area contributed by atoms with Gasteiger partial charge in [0.2, 0.25) is 14.2 Å². The summed E-state index contributed by atoms with van der Waals surface area (Å²) in [4.78, 5) is 11.7. The molecule has 134 valence electrons. The van der Waals surface area contributed by atoms with E-state index in [9.17, 15) is 4.79 Å². The summed E-state index contributed by atoms with van der Waals surface area (Å²) in [6.07, 6.45) is -0.190. The van der Waals surface area contributed by atoms with Crippen LogP contribution in [0.5, 0.6) is 0 Å². The van der Waals surface area contributed by atoms with E-state index in [0.29, 0.717) is 16.6 Å². The molecule has 5 heteroatoms. The maximum Gasteiger partial charge on any atom is 0.240 e. The summed E-state index contributed by atoms with van der Waals surface area (Å²) in [6.45, 7) is 13.6. The fourth-order valence-electron chi connectivity index (χ4n) is 4.23. The zero-order valence-corrected chi connectivity index (χ0v) is 17.3. The number of β-lactam (4-membered cyclic amide) rings is 1. The predicted octanol–water partition coefficient (Wildman–Crippen LogP) is 5.03. The van der Waals surface area contributed by atoms with Crippen molar-refractivity contribution in [2.45, 2.75) is 75.7 Å². The van der Waals surface area contributed by atoms with E-state index >= 15 is 0 Å². The zero-order chi connectivity index (χ0) is 18.1. The summed E-state index contributed by atoms with van der Waals surface area (Å²) in [7, 11) is -2.08. The second kappa shape index (κ2) is 7.59. The van der Waals surface area contributed by atoms with Crippen LogP contribution in [-0.2, 0) is 9.22 Å².